The van der Waals surface area contributed by atoms with Crippen LogP contribution in [-0.2, 0) is 6.18 Å². The Balaban J connectivity index is 1.22. The van der Waals surface area contributed by atoms with Crippen molar-refractivity contribution in [3.8, 4) is 68.0 Å². The van der Waals surface area contributed by atoms with Gasteiger partial charge in [0.05, 0.1) is 62.3 Å². The molecule has 0 atom stereocenters. The van der Waals surface area contributed by atoms with Gasteiger partial charge in [-0.25, -0.2) is 0 Å². The van der Waals surface area contributed by atoms with Gasteiger partial charge in [-0.3, -0.25) is 0 Å². The zero-order valence-corrected chi connectivity index (χ0v) is 34.0. The van der Waals surface area contributed by atoms with Gasteiger partial charge in [0.2, 0.25) is 0 Å². The minimum atomic E-state index is -4.61. The second-order valence-electron chi connectivity index (χ2n) is 15.8. The van der Waals surface area contributed by atoms with Crippen molar-refractivity contribution in [3.63, 3.8) is 0 Å². The summed E-state index contributed by atoms with van der Waals surface area (Å²) in [4.78, 5) is 0. The van der Waals surface area contributed by atoms with Crippen molar-refractivity contribution >= 4 is 43.6 Å². The van der Waals surface area contributed by atoms with Crippen LogP contribution >= 0.6 is 0 Å². The van der Waals surface area contributed by atoms with E-state index in [1.807, 2.05) is 103 Å². The van der Waals surface area contributed by atoms with Gasteiger partial charge in [-0.2, -0.15) is 23.7 Å². The van der Waals surface area contributed by atoms with Gasteiger partial charge in [0.25, 0.3) is 0 Å². The molecule has 0 saturated heterocycles. The van der Waals surface area contributed by atoms with Crippen molar-refractivity contribution in [2.24, 2.45) is 0 Å². The fourth-order valence-corrected chi connectivity index (χ4v) is 9.28. The van der Waals surface area contributed by atoms with Crippen molar-refractivity contribution in [1.82, 2.24) is 9.13 Å². The molecule has 4 nitrogen and oxygen atoms in total. The Hall–Kier alpha value is -8.65. The number of nitrogens with zero attached hydrogens (tertiary/aromatic N) is 4. The maximum atomic E-state index is 13.9. The summed E-state index contributed by atoms with van der Waals surface area (Å²) >= 11 is 0. The number of halogens is 3. The van der Waals surface area contributed by atoms with Crippen LogP contribution in [0.1, 0.15) is 16.7 Å². The third kappa shape index (κ3) is 6.30. The van der Waals surface area contributed by atoms with E-state index in [4.69, 9.17) is 0 Å². The third-order valence-corrected chi connectivity index (χ3v) is 12.2. The molecule has 0 aliphatic rings. The summed E-state index contributed by atoms with van der Waals surface area (Å²) in [6, 6.07) is 69.1. The van der Waals surface area contributed by atoms with Crippen LogP contribution in [0.15, 0.2) is 200 Å². The van der Waals surface area contributed by atoms with Gasteiger partial charge in [-0.1, -0.05) is 133 Å². The molecule has 11 rings (SSSR count). The number of nitriles is 2. The lowest BCUT2D eigenvalue weighted by Gasteiger charge is -2.20. The molecule has 7 heteroatoms. The van der Waals surface area contributed by atoms with Gasteiger partial charge < -0.3 is 9.13 Å². The number of aromatic nitrogens is 2. The van der Waals surface area contributed by atoms with E-state index in [1.165, 1.54) is 6.07 Å². The molecule has 0 unspecified atom stereocenters. The highest BCUT2D eigenvalue weighted by molar-refractivity contribution is 6.13. The molecule has 0 fully saturated rings. The molecule has 0 radical (unpaired) electrons. The Morgan fingerprint density at radius 2 is 0.828 bits per heavy atom. The summed E-state index contributed by atoms with van der Waals surface area (Å²) in [5.41, 5.74) is 11.8. The maximum absolute atomic E-state index is 13.9. The normalized spacial score (nSPS) is 11.6. The molecule has 302 valence electrons. The lowest BCUT2D eigenvalue weighted by atomic mass is 9.93. The largest absolute Gasteiger partial charge is 0.416 e. The van der Waals surface area contributed by atoms with Gasteiger partial charge in [-0.05, 0) is 100 Å². The number of alkyl halides is 3. The summed E-state index contributed by atoms with van der Waals surface area (Å²) < 4.78 is 46.2. The van der Waals surface area contributed by atoms with Crippen molar-refractivity contribution < 1.29 is 13.2 Å². The molecule has 2 aromatic heterocycles. The second-order valence-corrected chi connectivity index (χ2v) is 15.8. The number of rotatable bonds is 6. The van der Waals surface area contributed by atoms with Gasteiger partial charge in [0.1, 0.15) is 0 Å². The van der Waals surface area contributed by atoms with Gasteiger partial charge >= 0.3 is 6.18 Å². The molecule has 0 bridgehead atoms. The van der Waals surface area contributed by atoms with Crippen LogP contribution in [0.25, 0.3) is 99.5 Å². The minimum absolute atomic E-state index is 0.0811. The van der Waals surface area contributed by atoms with Crippen LogP contribution in [0.4, 0.5) is 13.2 Å². The highest BCUT2D eigenvalue weighted by Gasteiger charge is 2.31. The predicted molar refractivity (Wildman–Crippen MR) is 251 cm³/mol. The van der Waals surface area contributed by atoms with E-state index in [0.717, 1.165) is 100 Å². The van der Waals surface area contributed by atoms with Crippen molar-refractivity contribution in [1.29, 1.82) is 10.5 Å². The topological polar surface area (TPSA) is 57.4 Å². The summed E-state index contributed by atoms with van der Waals surface area (Å²) in [7, 11) is 0. The molecule has 0 saturated carbocycles. The van der Waals surface area contributed by atoms with E-state index >= 15 is 0 Å². The van der Waals surface area contributed by atoms with Crippen molar-refractivity contribution in [3.05, 3.63) is 217 Å². The monoisotopic (exact) mass is 830 g/mol. The van der Waals surface area contributed by atoms with E-state index < -0.39 is 11.7 Å². The molecule has 0 N–H and O–H groups in total. The predicted octanol–water partition coefficient (Wildman–Crippen LogP) is 15.3. The molecular formula is C57H33F3N4. The van der Waals surface area contributed by atoms with Crippen LogP contribution < -0.4 is 0 Å². The second kappa shape index (κ2) is 15.1. The minimum Gasteiger partial charge on any atom is -0.309 e. The molecule has 2 heterocycles. The summed E-state index contributed by atoms with van der Waals surface area (Å²) in [5, 5.41) is 24.8. The first-order valence-electron chi connectivity index (χ1n) is 20.8. The Morgan fingerprint density at radius 3 is 1.36 bits per heavy atom. The highest BCUT2D eigenvalue weighted by Crippen LogP contribution is 2.44. The fraction of sp³-hybridized carbons (Fsp3) is 0.0175. The first kappa shape index (κ1) is 38.3. The fourth-order valence-electron chi connectivity index (χ4n) is 9.28. The average molecular weight is 831 g/mol. The lowest BCUT2D eigenvalue weighted by molar-refractivity contribution is -0.137. The Morgan fingerprint density at radius 1 is 0.359 bits per heavy atom. The van der Waals surface area contributed by atoms with E-state index in [-0.39, 0.29) is 5.56 Å². The quantitative estimate of drug-likeness (QED) is 0.168. The number of fused-ring (bicyclic) bond motifs is 6. The van der Waals surface area contributed by atoms with Crippen molar-refractivity contribution in [2.75, 3.05) is 0 Å². The van der Waals surface area contributed by atoms with Crippen LogP contribution in [-0.4, -0.2) is 9.13 Å². The lowest BCUT2D eigenvalue weighted by Crippen LogP contribution is -2.05. The standard InChI is InChI=1S/C57H33F3N4/c58-57(59,60)43-23-26-44(42(30-43)35-62)41-20-25-48(56(33-41)64-52-18-10-8-16-46(52)50-32-40(22-28-54(50)64)38-13-5-2-6-14-38)47-24-19-36(34-61)29-55(47)63-51-17-9-7-15-45(51)49-31-39(21-27-53(49)63)37-11-3-1-4-12-37/h1-33H. The molecule has 0 spiro atoms. The van der Waals surface area contributed by atoms with E-state index in [1.54, 1.807) is 0 Å². The molecule has 0 aliphatic heterocycles. The number of para-hydroxylation sites is 2. The first-order valence-corrected chi connectivity index (χ1v) is 20.8. The van der Waals surface area contributed by atoms with Gasteiger partial charge in [-0.15, -0.1) is 0 Å². The van der Waals surface area contributed by atoms with Crippen LogP contribution in [0, 0.1) is 22.7 Å². The SMILES string of the molecule is N#Cc1ccc(-c2ccc(-c3ccc(C(F)(F)F)cc3C#N)cc2-n2c3ccccc3c3cc(-c4ccccc4)ccc32)c(-n2c3ccccc3c3cc(-c4ccccc4)ccc32)c1. The molecular weight excluding hydrogens is 798 g/mol. The van der Waals surface area contributed by atoms with E-state index in [9.17, 15) is 23.7 Å². The number of benzene rings is 9. The van der Waals surface area contributed by atoms with Crippen LogP contribution in [0.5, 0.6) is 0 Å². The average Bonchev–Trinajstić information content (AvgIpc) is 3.85. The maximum Gasteiger partial charge on any atom is 0.416 e. The molecule has 0 aliphatic carbocycles. The summed E-state index contributed by atoms with van der Waals surface area (Å²) in [6.07, 6.45) is -4.61. The van der Waals surface area contributed by atoms with Gasteiger partial charge in [0, 0.05) is 32.7 Å². The highest BCUT2D eigenvalue weighted by atomic mass is 19.4. The van der Waals surface area contributed by atoms with Gasteiger partial charge in [0.15, 0.2) is 0 Å². The van der Waals surface area contributed by atoms with E-state index in [0.29, 0.717) is 16.7 Å². The molecule has 11 aromatic rings. The van der Waals surface area contributed by atoms with Crippen LogP contribution in [0.2, 0.25) is 0 Å². The third-order valence-electron chi connectivity index (χ3n) is 12.2. The zero-order chi connectivity index (χ0) is 43.5. The summed E-state index contributed by atoms with van der Waals surface area (Å²) in [6.45, 7) is 0. The number of hydrogen-bond acceptors (Lipinski definition) is 2. The first-order chi connectivity index (χ1) is 31.3. The van der Waals surface area contributed by atoms with Crippen LogP contribution in [0.3, 0.4) is 0 Å². The van der Waals surface area contributed by atoms with Crippen molar-refractivity contribution in [2.45, 2.75) is 6.18 Å². The Labute approximate surface area is 366 Å². The Kier molecular flexibility index (Phi) is 9.01. The summed E-state index contributed by atoms with van der Waals surface area (Å²) in [5.74, 6) is 0. The molecule has 64 heavy (non-hydrogen) atoms. The Bertz CT molecular complexity index is 3730. The molecule has 0 amide bonds. The van der Waals surface area contributed by atoms with E-state index in [2.05, 4.69) is 100 Å². The smallest absolute Gasteiger partial charge is 0.309 e. The zero-order valence-electron chi connectivity index (χ0n) is 34.0. The number of hydrogen-bond donors (Lipinski definition) is 0. The molecule has 9 aromatic carbocycles.